The second-order valence-corrected chi connectivity index (χ2v) is 6.28. The first-order valence-electron chi connectivity index (χ1n) is 5.04. The lowest BCUT2D eigenvalue weighted by molar-refractivity contribution is 0.413. The summed E-state index contributed by atoms with van der Waals surface area (Å²) in [6, 6.07) is 7.96. The first kappa shape index (κ1) is 13.2. The van der Waals surface area contributed by atoms with E-state index in [-0.39, 0.29) is 4.90 Å². The summed E-state index contributed by atoms with van der Waals surface area (Å²) in [7, 11) is -2.14. The monoisotopic (exact) mass is 328 g/mol. The van der Waals surface area contributed by atoms with Crippen LogP contribution in [0.3, 0.4) is 0 Å². The molecule has 0 saturated carbocycles. The Morgan fingerprint density at radius 2 is 2.06 bits per heavy atom. The molecule has 95 valence electrons. The average Bonchev–Trinajstić information content (AvgIpc) is 2.69. The highest BCUT2D eigenvalue weighted by Crippen LogP contribution is 2.24. The summed E-state index contributed by atoms with van der Waals surface area (Å²) in [4.78, 5) is 0.165. The molecule has 0 bridgehead atoms. The Morgan fingerprint density at radius 3 is 2.61 bits per heavy atom. The van der Waals surface area contributed by atoms with Crippen LogP contribution in [0.2, 0.25) is 0 Å². The zero-order valence-electron chi connectivity index (χ0n) is 9.63. The van der Waals surface area contributed by atoms with Crippen LogP contribution in [0.5, 0.6) is 5.75 Å². The van der Waals surface area contributed by atoms with E-state index in [9.17, 15) is 8.42 Å². The lowest BCUT2D eigenvalue weighted by atomic mass is 10.3. The first-order valence-corrected chi connectivity index (χ1v) is 7.28. The second-order valence-electron chi connectivity index (χ2n) is 3.65. The Morgan fingerprint density at radius 1 is 1.33 bits per heavy atom. The van der Waals surface area contributed by atoms with Crippen LogP contribution in [-0.4, -0.2) is 19.5 Å². The van der Waals surface area contributed by atoms with Crippen LogP contribution in [-0.2, 0) is 10.0 Å². The highest BCUT2D eigenvalue weighted by atomic mass is 79.9. The molecule has 0 aliphatic heterocycles. The lowest BCUT2D eigenvalue weighted by Gasteiger charge is -2.08. The van der Waals surface area contributed by atoms with Gasteiger partial charge in [-0.2, -0.15) is 0 Å². The molecule has 0 amide bonds. The number of aromatic nitrogens is 1. The molecular formula is C12H11BrNO3S. The molecule has 18 heavy (non-hydrogen) atoms. The maximum atomic E-state index is 12.4. The van der Waals surface area contributed by atoms with E-state index in [1.807, 2.05) is 0 Å². The molecule has 0 unspecified atom stereocenters. The molecule has 2 rings (SSSR count). The predicted octanol–water partition coefficient (Wildman–Crippen LogP) is 2.68. The van der Waals surface area contributed by atoms with Gasteiger partial charge in [-0.1, -0.05) is 6.07 Å². The SMILES string of the molecule is [CH2]c1cc(Br)n(S(=O)(=O)c2cccc(OC)c2)c1. The van der Waals surface area contributed by atoms with Gasteiger partial charge in [0.25, 0.3) is 10.0 Å². The van der Waals surface area contributed by atoms with Gasteiger partial charge in [-0.15, -0.1) is 0 Å². The predicted molar refractivity (Wildman–Crippen MR) is 72.2 cm³/mol. The zero-order valence-corrected chi connectivity index (χ0v) is 12.0. The van der Waals surface area contributed by atoms with Crippen LogP contribution in [0, 0.1) is 6.92 Å². The fraction of sp³-hybridized carbons (Fsp3) is 0.0833. The maximum absolute atomic E-state index is 12.4. The molecule has 0 fully saturated rings. The van der Waals surface area contributed by atoms with Gasteiger partial charge in [-0.3, -0.25) is 0 Å². The van der Waals surface area contributed by atoms with Crippen molar-refractivity contribution >= 4 is 26.0 Å². The van der Waals surface area contributed by atoms with E-state index in [1.54, 1.807) is 18.2 Å². The normalized spacial score (nSPS) is 11.5. The fourth-order valence-corrected chi connectivity index (χ4v) is 3.79. The van der Waals surface area contributed by atoms with E-state index < -0.39 is 10.0 Å². The van der Waals surface area contributed by atoms with E-state index >= 15 is 0 Å². The Hall–Kier alpha value is -1.27. The number of benzene rings is 1. The van der Waals surface area contributed by atoms with Crippen LogP contribution in [0.1, 0.15) is 5.56 Å². The number of hydrogen-bond acceptors (Lipinski definition) is 3. The molecule has 0 saturated heterocycles. The molecule has 1 aromatic carbocycles. The minimum Gasteiger partial charge on any atom is -0.497 e. The molecule has 1 heterocycles. The standard InChI is InChI=1S/C12H11BrNO3S/c1-9-6-12(13)14(8-9)18(15,16)11-5-3-4-10(7-11)17-2/h3-8H,1H2,2H3. The van der Waals surface area contributed by atoms with Gasteiger partial charge in [0.2, 0.25) is 0 Å². The van der Waals surface area contributed by atoms with Crippen molar-refractivity contribution in [1.82, 2.24) is 3.97 Å². The Balaban J connectivity index is 2.57. The quantitative estimate of drug-likeness (QED) is 0.870. The fourth-order valence-electron chi connectivity index (χ4n) is 1.53. The van der Waals surface area contributed by atoms with Crippen molar-refractivity contribution in [3.63, 3.8) is 0 Å². The lowest BCUT2D eigenvalue weighted by Crippen LogP contribution is -2.12. The van der Waals surface area contributed by atoms with Gasteiger partial charge in [0.1, 0.15) is 10.4 Å². The van der Waals surface area contributed by atoms with Gasteiger partial charge in [0.05, 0.1) is 12.0 Å². The molecule has 0 aliphatic rings. The van der Waals surface area contributed by atoms with Crippen LogP contribution in [0.4, 0.5) is 0 Å². The maximum Gasteiger partial charge on any atom is 0.268 e. The molecule has 4 nitrogen and oxygen atoms in total. The van der Waals surface area contributed by atoms with Gasteiger partial charge in [-0.25, -0.2) is 12.4 Å². The summed E-state index contributed by atoms with van der Waals surface area (Å²) >= 11 is 3.20. The highest BCUT2D eigenvalue weighted by molar-refractivity contribution is 9.10. The van der Waals surface area contributed by atoms with Gasteiger partial charge in [0.15, 0.2) is 0 Å². The summed E-state index contributed by atoms with van der Waals surface area (Å²) in [5.41, 5.74) is 0.619. The van der Waals surface area contributed by atoms with Crippen molar-refractivity contribution in [3.05, 3.63) is 53.6 Å². The Bertz CT molecular complexity index is 676. The van der Waals surface area contributed by atoms with Crippen molar-refractivity contribution in [2.45, 2.75) is 4.90 Å². The number of rotatable bonds is 3. The first-order chi connectivity index (χ1) is 8.45. The number of methoxy groups -OCH3 is 1. The van der Waals surface area contributed by atoms with Gasteiger partial charge < -0.3 is 4.74 Å². The van der Waals surface area contributed by atoms with Crippen LogP contribution in [0.15, 0.2) is 46.0 Å². The minimum absolute atomic E-state index is 0.165. The second kappa shape index (κ2) is 4.78. The molecule has 0 N–H and O–H groups in total. The number of halogens is 1. The third kappa shape index (κ3) is 2.30. The average molecular weight is 329 g/mol. The smallest absolute Gasteiger partial charge is 0.268 e. The summed E-state index contributed by atoms with van der Waals surface area (Å²) in [6.45, 7) is 3.70. The number of ether oxygens (including phenoxy) is 1. The van der Waals surface area contributed by atoms with Gasteiger partial charge >= 0.3 is 0 Å². The number of hydrogen-bond donors (Lipinski definition) is 0. The van der Waals surface area contributed by atoms with Gasteiger partial charge in [0, 0.05) is 12.3 Å². The van der Waals surface area contributed by atoms with E-state index in [0.717, 1.165) is 3.97 Å². The highest BCUT2D eigenvalue weighted by Gasteiger charge is 2.19. The van der Waals surface area contributed by atoms with Crippen molar-refractivity contribution < 1.29 is 13.2 Å². The van der Waals surface area contributed by atoms with Crippen LogP contribution < -0.4 is 4.74 Å². The summed E-state index contributed by atoms with van der Waals surface area (Å²) in [5, 5.41) is 0. The van der Waals surface area contributed by atoms with E-state index in [4.69, 9.17) is 4.74 Å². The van der Waals surface area contributed by atoms with Crippen molar-refractivity contribution in [3.8, 4) is 5.75 Å². The third-order valence-electron chi connectivity index (χ3n) is 2.40. The molecule has 0 spiro atoms. The molecule has 6 heteroatoms. The summed E-state index contributed by atoms with van der Waals surface area (Å²) < 4.78 is 31.4. The largest absolute Gasteiger partial charge is 0.497 e. The van der Waals surface area contributed by atoms with Crippen molar-refractivity contribution in [2.75, 3.05) is 7.11 Å². The molecule has 0 atom stereocenters. The third-order valence-corrected chi connectivity index (χ3v) is 4.91. The molecular weight excluding hydrogens is 318 g/mol. The van der Waals surface area contributed by atoms with Crippen molar-refractivity contribution in [1.29, 1.82) is 0 Å². The molecule has 2 aromatic rings. The van der Waals surface area contributed by atoms with Crippen molar-refractivity contribution in [2.24, 2.45) is 0 Å². The van der Waals surface area contributed by atoms with E-state index in [0.29, 0.717) is 15.9 Å². The molecule has 1 aromatic heterocycles. The topological polar surface area (TPSA) is 48.3 Å². The molecule has 1 radical (unpaired) electrons. The Labute approximate surface area is 114 Å². The van der Waals surface area contributed by atoms with Crippen LogP contribution in [0.25, 0.3) is 0 Å². The van der Waals surface area contributed by atoms with E-state index in [1.165, 1.54) is 25.4 Å². The minimum atomic E-state index is -3.63. The zero-order chi connectivity index (χ0) is 13.3. The van der Waals surface area contributed by atoms with E-state index in [2.05, 4.69) is 22.9 Å². The number of nitrogens with zero attached hydrogens (tertiary/aromatic N) is 1. The van der Waals surface area contributed by atoms with Gasteiger partial charge in [-0.05, 0) is 46.6 Å². The Kier molecular flexibility index (Phi) is 3.49. The summed E-state index contributed by atoms with van der Waals surface area (Å²) in [5.74, 6) is 0.495. The molecule has 0 aliphatic carbocycles. The van der Waals surface area contributed by atoms with Crippen LogP contribution >= 0.6 is 15.9 Å². The summed E-state index contributed by atoms with van der Waals surface area (Å²) in [6.07, 6.45) is 1.46.